The Hall–Kier alpha value is -4.33. The van der Waals surface area contributed by atoms with Crippen LogP contribution in [0.3, 0.4) is 0 Å². The Balaban J connectivity index is 0.00000353. The first kappa shape index (κ1) is 29.2. The summed E-state index contributed by atoms with van der Waals surface area (Å²) in [4.78, 5) is 9.82. The van der Waals surface area contributed by atoms with Gasteiger partial charge in [-0.25, -0.2) is 0 Å². The first-order valence-electron chi connectivity index (χ1n) is 13.8. The number of benzene rings is 4. The van der Waals surface area contributed by atoms with E-state index in [9.17, 15) is 5.11 Å². The van der Waals surface area contributed by atoms with Gasteiger partial charge in [0.2, 0.25) is 0 Å². The monoisotopic (exact) mass is 726 g/mol. The third kappa shape index (κ3) is 6.27. The fourth-order valence-electron chi connectivity index (χ4n) is 4.96. The third-order valence-corrected chi connectivity index (χ3v) is 7.27. The minimum atomic E-state index is -0.104. The van der Waals surface area contributed by atoms with Crippen LogP contribution >= 0.6 is 0 Å². The summed E-state index contributed by atoms with van der Waals surface area (Å²) in [7, 11) is 0. The van der Waals surface area contributed by atoms with E-state index in [1.807, 2.05) is 72.9 Å². The van der Waals surface area contributed by atoms with Crippen molar-refractivity contribution in [2.75, 3.05) is 0 Å². The average Bonchev–Trinajstić information content (AvgIpc) is 3.01. The van der Waals surface area contributed by atoms with Gasteiger partial charge in [-0.1, -0.05) is 117 Å². The molecule has 210 valence electrons. The van der Waals surface area contributed by atoms with Crippen molar-refractivity contribution in [3.8, 4) is 61.8 Å². The van der Waals surface area contributed by atoms with E-state index in [4.69, 9.17) is 9.97 Å². The molecule has 6 aromatic rings. The number of hydrogen-bond acceptors (Lipinski definition) is 3. The molecule has 0 aliphatic rings. The number of aromatic hydroxyl groups is 1. The van der Waals surface area contributed by atoms with Gasteiger partial charge in [0.25, 0.3) is 0 Å². The van der Waals surface area contributed by atoms with Crippen molar-refractivity contribution in [2.24, 2.45) is 0 Å². The van der Waals surface area contributed by atoms with Gasteiger partial charge >= 0.3 is 0 Å². The van der Waals surface area contributed by atoms with Crippen LogP contribution in [0.25, 0.3) is 56.0 Å². The Morgan fingerprint density at radius 2 is 1.12 bits per heavy atom. The largest absolute Gasteiger partial charge is 0.507 e. The average molecular weight is 727 g/mol. The molecule has 2 aromatic heterocycles. The minimum absolute atomic E-state index is 0. The number of pyridine rings is 2. The fourth-order valence-corrected chi connectivity index (χ4v) is 4.96. The molecule has 0 aliphatic carbocycles. The predicted molar refractivity (Wildman–Crippen MR) is 168 cm³/mol. The maximum Gasteiger partial charge on any atom is 0.124 e. The summed E-state index contributed by atoms with van der Waals surface area (Å²) in [5.41, 5.74) is 10.3. The molecule has 0 saturated heterocycles. The van der Waals surface area contributed by atoms with Gasteiger partial charge in [-0.3, -0.25) is 9.97 Å². The van der Waals surface area contributed by atoms with Gasteiger partial charge in [0.1, 0.15) is 5.75 Å². The number of para-hydroxylation sites is 1. The van der Waals surface area contributed by atoms with Crippen molar-refractivity contribution in [1.82, 2.24) is 9.97 Å². The Labute approximate surface area is 262 Å². The van der Waals surface area contributed by atoms with Gasteiger partial charge in [-0.15, -0.1) is 23.8 Å². The number of phenols is 1. The van der Waals surface area contributed by atoms with Crippen LogP contribution in [0, 0.1) is 6.07 Å². The molecule has 42 heavy (non-hydrogen) atoms. The predicted octanol–water partition coefficient (Wildman–Crippen LogP) is 9.61. The molecular weight excluding hydrogens is 696 g/mol. The van der Waals surface area contributed by atoms with E-state index in [1.54, 1.807) is 6.07 Å². The van der Waals surface area contributed by atoms with Crippen molar-refractivity contribution in [3.63, 3.8) is 0 Å². The Kier molecular flexibility index (Phi) is 8.52. The Bertz CT molecular complexity index is 1830. The zero-order chi connectivity index (χ0) is 28.4. The molecule has 6 rings (SSSR count). The third-order valence-electron chi connectivity index (χ3n) is 7.27. The minimum Gasteiger partial charge on any atom is -0.507 e. The van der Waals surface area contributed by atoms with Crippen LogP contribution < -0.4 is 0 Å². The number of nitrogens with zero attached hydrogens (tertiary/aromatic N) is 2. The second-order valence-electron chi connectivity index (χ2n) is 11.3. The van der Waals surface area contributed by atoms with Crippen LogP contribution in [0.4, 0.5) is 0 Å². The fraction of sp³-hybridized carbons (Fsp3) is 0.105. The van der Waals surface area contributed by atoms with E-state index in [-0.39, 0.29) is 32.2 Å². The van der Waals surface area contributed by atoms with Crippen molar-refractivity contribution in [1.29, 1.82) is 0 Å². The molecule has 0 fully saturated rings. The molecule has 0 radical (unpaired) electrons. The summed E-state index contributed by atoms with van der Waals surface area (Å²) in [5.74, 6) is 0.200. The molecule has 0 atom stereocenters. The molecule has 1 N–H and O–H groups in total. The molecule has 0 bridgehead atoms. The zero-order valence-corrected chi connectivity index (χ0v) is 26.1. The summed E-state index contributed by atoms with van der Waals surface area (Å²) in [6.45, 7) is 6.64. The quantitative estimate of drug-likeness (QED) is 0.180. The van der Waals surface area contributed by atoms with Crippen LogP contribution in [0.1, 0.15) is 26.3 Å². The Morgan fingerprint density at radius 1 is 0.571 bits per heavy atom. The smallest absolute Gasteiger partial charge is 0.124 e. The molecular formula is C38H31N2OPt-. The number of hydrogen-bond donors (Lipinski definition) is 1. The van der Waals surface area contributed by atoms with E-state index in [0.29, 0.717) is 11.3 Å². The van der Waals surface area contributed by atoms with Crippen LogP contribution in [0.2, 0.25) is 0 Å². The first-order valence-corrected chi connectivity index (χ1v) is 13.8. The molecule has 3 nitrogen and oxygen atoms in total. The van der Waals surface area contributed by atoms with Gasteiger partial charge in [-0.2, -0.15) is 0 Å². The molecule has 0 unspecified atom stereocenters. The molecule has 0 aliphatic heterocycles. The van der Waals surface area contributed by atoms with Crippen LogP contribution in [-0.2, 0) is 26.5 Å². The zero-order valence-electron chi connectivity index (χ0n) is 23.8. The number of rotatable bonds is 5. The number of phenolic OH excluding ortho intramolecular Hbond substituents is 1. The molecule has 0 spiro atoms. The molecule has 2 heterocycles. The van der Waals surface area contributed by atoms with Gasteiger partial charge in [-0.05, 0) is 51.9 Å². The normalized spacial score (nSPS) is 11.1. The molecule has 4 aromatic carbocycles. The van der Waals surface area contributed by atoms with E-state index in [1.165, 1.54) is 5.56 Å². The maximum absolute atomic E-state index is 10.7. The van der Waals surface area contributed by atoms with Crippen LogP contribution in [-0.4, -0.2) is 15.1 Å². The second kappa shape index (κ2) is 12.3. The van der Waals surface area contributed by atoms with E-state index < -0.39 is 0 Å². The van der Waals surface area contributed by atoms with Crippen LogP contribution in [0.5, 0.6) is 5.75 Å². The molecule has 0 saturated carbocycles. The van der Waals surface area contributed by atoms with Crippen molar-refractivity contribution >= 4 is 0 Å². The topological polar surface area (TPSA) is 46.0 Å². The standard InChI is InChI=1S/C38H31N2O.Pt/c1-38(2,3)32-21-30(34-23-28(18-19-39-34)26-12-6-4-7-13-26)20-31(22-32)35-24-29(27-14-8-5-9-15-27)25-36(40-35)33-16-10-11-17-37(33)41;/h4-19,21-25,41H,1-3H3;/q-1;. The van der Waals surface area contributed by atoms with Crippen molar-refractivity contribution < 1.29 is 26.2 Å². The van der Waals surface area contributed by atoms with Crippen molar-refractivity contribution in [3.05, 3.63) is 139 Å². The van der Waals surface area contributed by atoms with Crippen LogP contribution in [0.15, 0.2) is 128 Å². The van der Waals surface area contributed by atoms with E-state index in [0.717, 1.165) is 44.8 Å². The second-order valence-corrected chi connectivity index (χ2v) is 11.3. The summed E-state index contributed by atoms with van der Waals surface area (Å²) in [6, 6.07) is 44.3. The molecule has 0 amide bonds. The summed E-state index contributed by atoms with van der Waals surface area (Å²) < 4.78 is 0. The van der Waals surface area contributed by atoms with Gasteiger partial charge in [0.05, 0.1) is 5.69 Å². The van der Waals surface area contributed by atoms with E-state index in [2.05, 4.69) is 75.4 Å². The van der Waals surface area contributed by atoms with Gasteiger partial charge in [0, 0.05) is 44.2 Å². The SMILES string of the molecule is CC(C)(C)c1cc(-c2cc(-c3ccccc3)ccn2)[c-]c(-c2cc(-c3ccccc3)cc(-c3ccccc3O)n2)c1.[Pt]. The first-order chi connectivity index (χ1) is 19.8. The summed E-state index contributed by atoms with van der Waals surface area (Å²) >= 11 is 0. The van der Waals surface area contributed by atoms with E-state index >= 15 is 0 Å². The number of aromatic nitrogens is 2. The summed E-state index contributed by atoms with van der Waals surface area (Å²) in [6.07, 6.45) is 1.86. The Morgan fingerprint density at radius 3 is 1.76 bits per heavy atom. The van der Waals surface area contributed by atoms with Gasteiger partial charge < -0.3 is 5.11 Å². The summed E-state index contributed by atoms with van der Waals surface area (Å²) in [5, 5.41) is 10.7. The molecule has 4 heteroatoms. The van der Waals surface area contributed by atoms with Gasteiger partial charge in [0.15, 0.2) is 0 Å². The van der Waals surface area contributed by atoms with Crippen molar-refractivity contribution in [2.45, 2.75) is 26.2 Å². The maximum atomic E-state index is 10.7.